The molecule has 2 fully saturated rings. The van der Waals surface area contributed by atoms with Gasteiger partial charge in [0, 0.05) is 43.1 Å². The summed E-state index contributed by atoms with van der Waals surface area (Å²) in [6.45, 7) is 8.52. The number of nitrogens with zero attached hydrogens (tertiary/aromatic N) is 9. The van der Waals surface area contributed by atoms with Crippen LogP contribution in [-0.2, 0) is 21.8 Å². The average molecular weight is 662 g/mol. The van der Waals surface area contributed by atoms with Gasteiger partial charge in [0.05, 0.1) is 42.4 Å². The molecule has 3 aromatic carbocycles. The number of hydrogen-bond acceptors (Lipinski definition) is 10. The highest BCUT2D eigenvalue weighted by atomic mass is 16.8. The Hall–Kier alpha value is -5.45. The van der Waals surface area contributed by atoms with Crippen molar-refractivity contribution in [2.45, 2.75) is 44.7 Å². The number of anilines is 2. The summed E-state index contributed by atoms with van der Waals surface area (Å²) in [5.41, 5.74) is 4.33. The Labute approximate surface area is 284 Å². The Morgan fingerprint density at radius 2 is 1.51 bits per heavy atom. The lowest BCUT2D eigenvalue weighted by Crippen LogP contribution is -2.46. The number of aromatic nitrogens is 6. The van der Waals surface area contributed by atoms with Gasteiger partial charge in [-0.05, 0) is 74.0 Å². The predicted octanol–water partition coefficient (Wildman–Crippen LogP) is 4.14. The number of hydrogen-bond donors (Lipinski definition) is 0. The third-order valence-corrected chi connectivity index (χ3v) is 9.24. The van der Waals surface area contributed by atoms with Crippen LogP contribution in [0.1, 0.15) is 37.4 Å². The lowest BCUT2D eigenvalue weighted by Gasteiger charge is -2.37. The van der Waals surface area contributed by atoms with Crippen molar-refractivity contribution in [3.63, 3.8) is 0 Å². The second-order valence-corrected chi connectivity index (χ2v) is 12.3. The van der Waals surface area contributed by atoms with Crippen LogP contribution in [0.3, 0.4) is 0 Å². The van der Waals surface area contributed by atoms with Crippen LogP contribution in [0.15, 0.2) is 96.3 Å². The van der Waals surface area contributed by atoms with Gasteiger partial charge in [0.1, 0.15) is 31.3 Å². The first-order chi connectivity index (χ1) is 23.9. The van der Waals surface area contributed by atoms with Crippen LogP contribution in [-0.4, -0.2) is 74.8 Å². The number of nitriles is 1. The molecule has 252 valence electrons. The first kappa shape index (κ1) is 32.1. The molecule has 2 aromatic heterocycles. The van der Waals surface area contributed by atoms with Gasteiger partial charge in [0.2, 0.25) is 5.79 Å². The lowest BCUT2D eigenvalue weighted by molar-refractivity contribution is -0.192. The van der Waals surface area contributed by atoms with Gasteiger partial charge in [-0.2, -0.15) is 25.4 Å². The molecular weight excluding hydrogens is 622 g/mol. The van der Waals surface area contributed by atoms with Crippen molar-refractivity contribution in [1.82, 2.24) is 29.3 Å². The molecule has 13 heteroatoms. The van der Waals surface area contributed by atoms with Crippen LogP contribution in [0.2, 0.25) is 0 Å². The van der Waals surface area contributed by atoms with Gasteiger partial charge < -0.3 is 24.0 Å². The predicted molar refractivity (Wildman–Crippen MR) is 183 cm³/mol. The molecule has 2 aliphatic heterocycles. The van der Waals surface area contributed by atoms with E-state index in [1.165, 1.54) is 9.48 Å². The molecule has 2 aliphatic rings. The Balaban J connectivity index is 0.920. The van der Waals surface area contributed by atoms with Crippen molar-refractivity contribution in [2.24, 2.45) is 0 Å². The molecule has 49 heavy (non-hydrogen) atoms. The summed E-state index contributed by atoms with van der Waals surface area (Å²) in [4.78, 5) is 19.1. The van der Waals surface area contributed by atoms with Gasteiger partial charge in [-0.15, -0.1) is 0 Å². The largest absolute Gasteiger partial charge is 0.491 e. The zero-order valence-corrected chi connectivity index (χ0v) is 27.6. The Morgan fingerprint density at radius 1 is 0.898 bits per heavy atom. The van der Waals surface area contributed by atoms with E-state index in [2.05, 4.69) is 55.4 Å². The van der Waals surface area contributed by atoms with Crippen molar-refractivity contribution < 1.29 is 14.2 Å². The van der Waals surface area contributed by atoms with E-state index in [9.17, 15) is 10.1 Å². The fourth-order valence-electron chi connectivity index (χ4n) is 6.24. The molecule has 5 aromatic rings. The number of ether oxygens (including phenoxy) is 3. The Kier molecular flexibility index (Phi) is 9.15. The minimum Gasteiger partial charge on any atom is -0.491 e. The normalized spacial score (nSPS) is 19.9. The zero-order chi connectivity index (χ0) is 33.8. The monoisotopic (exact) mass is 661 g/mol. The number of benzene rings is 3. The average Bonchev–Trinajstić information content (AvgIpc) is 3.92. The van der Waals surface area contributed by atoms with E-state index in [0.29, 0.717) is 18.8 Å². The maximum absolute atomic E-state index is 12.8. The highest BCUT2D eigenvalue weighted by Gasteiger charge is 2.44. The van der Waals surface area contributed by atoms with Crippen LogP contribution >= 0.6 is 0 Å². The number of piperazine rings is 1. The summed E-state index contributed by atoms with van der Waals surface area (Å²) < 4.78 is 22.0. The van der Waals surface area contributed by atoms with Crippen LogP contribution < -0.4 is 20.2 Å². The first-order valence-corrected chi connectivity index (χ1v) is 16.6. The second-order valence-electron chi connectivity index (χ2n) is 12.3. The van der Waals surface area contributed by atoms with E-state index in [1.54, 1.807) is 35.4 Å². The third kappa shape index (κ3) is 6.78. The molecule has 0 bridgehead atoms. The Morgan fingerprint density at radius 3 is 2.12 bits per heavy atom. The van der Waals surface area contributed by atoms with Crippen LogP contribution in [0, 0.1) is 11.3 Å². The van der Waals surface area contributed by atoms with Gasteiger partial charge in [-0.1, -0.05) is 19.1 Å². The molecule has 0 amide bonds. The summed E-state index contributed by atoms with van der Waals surface area (Å²) in [5, 5.41) is 22.0. The molecule has 7 rings (SSSR count). The minimum atomic E-state index is -1.09. The van der Waals surface area contributed by atoms with Crippen LogP contribution in [0.25, 0.3) is 5.69 Å². The molecule has 2 saturated heterocycles. The summed E-state index contributed by atoms with van der Waals surface area (Å²) in [6, 6.07) is 25.7. The van der Waals surface area contributed by atoms with Crippen LogP contribution in [0.4, 0.5) is 11.4 Å². The summed E-state index contributed by atoms with van der Waals surface area (Å²) in [7, 11) is 0. The fourth-order valence-corrected chi connectivity index (χ4v) is 6.24. The fraction of sp³-hybridized carbons (Fsp3) is 0.361. The quantitative estimate of drug-likeness (QED) is 0.204. The van der Waals surface area contributed by atoms with Gasteiger partial charge >= 0.3 is 5.69 Å². The molecule has 4 heterocycles. The molecule has 13 nitrogen and oxygen atoms in total. The summed E-state index contributed by atoms with van der Waals surface area (Å²) >= 11 is 0. The molecule has 3 unspecified atom stereocenters. The van der Waals surface area contributed by atoms with Gasteiger partial charge in [-0.3, -0.25) is 0 Å². The molecule has 0 N–H and O–H groups in total. The lowest BCUT2D eigenvalue weighted by atomic mass is 10.0. The summed E-state index contributed by atoms with van der Waals surface area (Å²) in [6.07, 6.45) is 5.36. The van der Waals surface area contributed by atoms with Crippen molar-refractivity contribution >= 4 is 11.4 Å². The van der Waals surface area contributed by atoms with E-state index in [4.69, 9.17) is 14.2 Å². The van der Waals surface area contributed by atoms with E-state index in [0.717, 1.165) is 61.0 Å². The number of rotatable bonds is 11. The van der Waals surface area contributed by atoms with E-state index >= 15 is 0 Å². The van der Waals surface area contributed by atoms with Gasteiger partial charge in [-0.25, -0.2) is 14.0 Å². The van der Waals surface area contributed by atoms with Crippen LogP contribution in [0.5, 0.6) is 5.75 Å². The topological polar surface area (TPSA) is 128 Å². The van der Waals surface area contributed by atoms with E-state index in [-0.39, 0.29) is 24.4 Å². The maximum Gasteiger partial charge on any atom is 0.350 e. The van der Waals surface area contributed by atoms with Crippen molar-refractivity contribution in [1.29, 1.82) is 5.26 Å². The zero-order valence-electron chi connectivity index (χ0n) is 27.6. The van der Waals surface area contributed by atoms with E-state index in [1.807, 2.05) is 50.2 Å². The molecular formula is C36H39N9O4. The smallest absolute Gasteiger partial charge is 0.350 e. The summed E-state index contributed by atoms with van der Waals surface area (Å²) in [5.74, 6) is -0.337. The van der Waals surface area contributed by atoms with Gasteiger partial charge in [0.25, 0.3) is 0 Å². The van der Waals surface area contributed by atoms with Gasteiger partial charge in [0.15, 0.2) is 0 Å². The maximum atomic E-state index is 12.8. The Bertz CT molecular complexity index is 1920. The first-order valence-electron chi connectivity index (χ1n) is 16.6. The minimum absolute atomic E-state index is 0.0645. The highest BCUT2D eigenvalue weighted by Crippen LogP contribution is 2.36. The molecule has 0 saturated carbocycles. The van der Waals surface area contributed by atoms with Crippen molar-refractivity contribution in [3.05, 3.63) is 113 Å². The molecule has 0 spiro atoms. The van der Waals surface area contributed by atoms with Crippen molar-refractivity contribution in [3.8, 4) is 17.5 Å². The second kappa shape index (κ2) is 14.0. The molecule has 0 radical (unpaired) electrons. The third-order valence-electron chi connectivity index (χ3n) is 9.24. The SMILES string of the molecule is CCC(C)n1ncn(-c2ccc(N3CCN(c4ccc(OCC5COC(Cn6nccn6)(c6ccc(C#N)cc6)O5)cc4)CC3)cc2)c1=O. The highest BCUT2D eigenvalue weighted by molar-refractivity contribution is 5.54. The molecule has 0 aliphatic carbocycles. The van der Waals surface area contributed by atoms with Crippen molar-refractivity contribution in [2.75, 3.05) is 49.2 Å². The van der Waals surface area contributed by atoms with E-state index < -0.39 is 5.79 Å². The standard InChI is InChI=1S/C36H39N9O4/c1-3-27(2)45-35(46)43(26-40-45)32-10-8-30(9-11-32)41-18-20-42(21-19-41)31-12-14-33(15-13-31)47-23-34-24-48-36(49-34,25-44-38-16-17-39-44)29-6-4-28(22-37)5-7-29/h4-17,26-27,34H,3,18-21,23-25H2,1-2H3. The molecule has 3 atom stereocenters.